The molecule has 0 aliphatic carbocycles. The molecule has 0 amide bonds. The fourth-order valence-corrected chi connectivity index (χ4v) is 3.82. The molecule has 0 atom stereocenters. The topological polar surface area (TPSA) is 67.3 Å². The Morgan fingerprint density at radius 1 is 1.16 bits per heavy atom. The van der Waals surface area contributed by atoms with Crippen LogP contribution in [0.1, 0.15) is 35.7 Å². The summed E-state index contributed by atoms with van der Waals surface area (Å²) in [5.74, 6) is 0.506. The van der Waals surface area contributed by atoms with Gasteiger partial charge in [-0.3, -0.25) is 4.90 Å². The number of hydrogen-bond acceptors (Lipinski definition) is 6. The maximum absolute atomic E-state index is 14.7. The molecular formula is C25H27FN4O2. The molecule has 166 valence electrons. The number of halogens is 1. The highest BCUT2D eigenvalue weighted by atomic mass is 19.1. The molecule has 2 aromatic carbocycles. The maximum atomic E-state index is 14.7. The second-order valence-corrected chi connectivity index (χ2v) is 8.22. The summed E-state index contributed by atoms with van der Waals surface area (Å²) in [6.07, 6.45) is 3.97. The molecule has 1 N–H and O–H groups in total. The molecule has 32 heavy (non-hydrogen) atoms. The molecule has 0 saturated carbocycles. The fourth-order valence-electron chi connectivity index (χ4n) is 3.82. The molecule has 0 spiro atoms. The lowest BCUT2D eigenvalue weighted by Gasteiger charge is -2.30. The first kappa shape index (κ1) is 21.9. The van der Waals surface area contributed by atoms with Crippen molar-refractivity contribution in [1.29, 1.82) is 0 Å². The van der Waals surface area contributed by atoms with Gasteiger partial charge in [0.2, 0.25) is 5.95 Å². The predicted molar refractivity (Wildman–Crippen MR) is 122 cm³/mol. The monoisotopic (exact) mass is 434 g/mol. The van der Waals surface area contributed by atoms with Gasteiger partial charge in [0.05, 0.1) is 18.4 Å². The third-order valence-corrected chi connectivity index (χ3v) is 5.84. The zero-order chi connectivity index (χ0) is 22.5. The van der Waals surface area contributed by atoms with Crippen LogP contribution in [0.4, 0.5) is 16.0 Å². The SMILES string of the molecule is COC(=O)c1ccc(-c2ccnc(Nc3ccc(CN4CCC(C)CC4)c(F)c3)n2)cc1. The van der Waals surface area contributed by atoms with Crippen molar-refractivity contribution in [2.75, 3.05) is 25.5 Å². The molecular weight excluding hydrogens is 407 g/mol. The zero-order valence-electron chi connectivity index (χ0n) is 18.3. The number of benzene rings is 2. The van der Waals surface area contributed by atoms with Crippen molar-refractivity contribution in [2.24, 2.45) is 5.92 Å². The average molecular weight is 435 g/mol. The summed E-state index contributed by atoms with van der Waals surface area (Å²) in [4.78, 5) is 22.7. The molecule has 1 aliphatic heterocycles. The highest BCUT2D eigenvalue weighted by Crippen LogP contribution is 2.23. The van der Waals surface area contributed by atoms with E-state index in [1.807, 2.05) is 12.1 Å². The number of aromatic nitrogens is 2. The van der Waals surface area contributed by atoms with E-state index in [1.54, 1.807) is 36.5 Å². The van der Waals surface area contributed by atoms with Crippen LogP contribution in [0.5, 0.6) is 0 Å². The summed E-state index contributed by atoms with van der Waals surface area (Å²) in [6, 6.07) is 13.9. The Bertz CT molecular complexity index is 1080. The zero-order valence-corrected chi connectivity index (χ0v) is 18.3. The van der Waals surface area contributed by atoms with Crippen LogP contribution in [0.3, 0.4) is 0 Å². The molecule has 2 heterocycles. The number of carbonyl (C=O) groups is 1. The van der Waals surface area contributed by atoms with E-state index in [4.69, 9.17) is 4.74 Å². The number of piperidine rings is 1. The number of hydrogen-bond donors (Lipinski definition) is 1. The third kappa shape index (κ3) is 5.29. The van der Waals surface area contributed by atoms with Crippen molar-refractivity contribution in [1.82, 2.24) is 14.9 Å². The van der Waals surface area contributed by atoms with Crippen LogP contribution in [0, 0.1) is 11.7 Å². The highest BCUT2D eigenvalue weighted by Gasteiger charge is 2.17. The third-order valence-electron chi connectivity index (χ3n) is 5.84. The number of methoxy groups -OCH3 is 1. The summed E-state index contributed by atoms with van der Waals surface area (Å²) in [5, 5.41) is 3.08. The number of nitrogens with one attached hydrogen (secondary N) is 1. The van der Waals surface area contributed by atoms with Gasteiger partial charge in [-0.15, -0.1) is 0 Å². The van der Waals surface area contributed by atoms with E-state index in [0.29, 0.717) is 35.0 Å². The maximum Gasteiger partial charge on any atom is 0.337 e. The summed E-state index contributed by atoms with van der Waals surface area (Å²) >= 11 is 0. The smallest absolute Gasteiger partial charge is 0.337 e. The van der Waals surface area contributed by atoms with Crippen molar-refractivity contribution >= 4 is 17.6 Å². The summed E-state index contributed by atoms with van der Waals surface area (Å²) in [7, 11) is 1.35. The molecule has 7 heteroatoms. The van der Waals surface area contributed by atoms with E-state index in [2.05, 4.69) is 27.1 Å². The first-order valence-corrected chi connectivity index (χ1v) is 10.8. The fraction of sp³-hybridized carbons (Fsp3) is 0.320. The first-order chi connectivity index (χ1) is 15.5. The molecule has 1 aromatic heterocycles. The number of carbonyl (C=O) groups excluding carboxylic acids is 1. The van der Waals surface area contributed by atoms with Gasteiger partial charge >= 0.3 is 5.97 Å². The predicted octanol–water partition coefficient (Wildman–Crippen LogP) is 5.04. The lowest BCUT2D eigenvalue weighted by Crippen LogP contribution is -2.32. The Kier molecular flexibility index (Phi) is 6.75. The summed E-state index contributed by atoms with van der Waals surface area (Å²) < 4.78 is 19.4. The largest absolute Gasteiger partial charge is 0.465 e. The first-order valence-electron chi connectivity index (χ1n) is 10.8. The Hall–Kier alpha value is -3.32. The Morgan fingerprint density at radius 2 is 1.91 bits per heavy atom. The van der Waals surface area contributed by atoms with Crippen LogP contribution in [-0.2, 0) is 11.3 Å². The molecule has 1 aliphatic rings. The van der Waals surface area contributed by atoms with Crippen molar-refractivity contribution < 1.29 is 13.9 Å². The Morgan fingerprint density at radius 3 is 2.59 bits per heavy atom. The standard InChI is InChI=1S/C25H27FN4O2/c1-17-10-13-30(14-11-17)16-20-7-8-21(15-22(20)26)28-25-27-12-9-23(29-25)18-3-5-19(6-4-18)24(31)32-2/h3-9,12,15,17H,10-11,13-14,16H2,1-2H3,(H,27,28,29). The molecule has 6 nitrogen and oxygen atoms in total. The second kappa shape index (κ2) is 9.87. The van der Waals surface area contributed by atoms with Gasteiger partial charge in [-0.1, -0.05) is 25.1 Å². The van der Waals surface area contributed by atoms with E-state index in [0.717, 1.165) is 24.6 Å². The lowest BCUT2D eigenvalue weighted by atomic mass is 9.99. The van der Waals surface area contributed by atoms with Crippen molar-refractivity contribution in [3.63, 3.8) is 0 Å². The number of anilines is 2. The van der Waals surface area contributed by atoms with E-state index < -0.39 is 0 Å². The van der Waals surface area contributed by atoms with Gasteiger partial charge in [0.25, 0.3) is 0 Å². The molecule has 0 radical (unpaired) electrons. The highest BCUT2D eigenvalue weighted by molar-refractivity contribution is 5.89. The van der Waals surface area contributed by atoms with Crippen LogP contribution in [0.15, 0.2) is 54.7 Å². The number of rotatable bonds is 6. The van der Waals surface area contributed by atoms with Gasteiger partial charge in [0.15, 0.2) is 0 Å². The van der Waals surface area contributed by atoms with Gasteiger partial charge in [0, 0.05) is 29.6 Å². The molecule has 0 unspecified atom stereocenters. The van der Waals surface area contributed by atoms with E-state index >= 15 is 0 Å². The second-order valence-electron chi connectivity index (χ2n) is 8.22. The summed E-state index contributed by atoms with van der Waals surface area (Å²) in [5.41, 5.74) is 3.29. The van der Waals surface area contributed by atoms with Crippen LogP contribution >= 0.6 is 0 Å². The van der Waals surface area contributed by atoms with Crippen LogP contribution < -0.4 is 5.32 Å². The molecule has 1 fully saturated rings. The van der Waals surface area contributed by atoms with Gasteiger partial charge in [-0.2, -0.15) is 0 Å². The van der Waals surface area contributed by atoms with E-state index in [-0.39, 0.29) is 11.8 Å². The van der Waals surface area contributed by atoms with E-state index in [1.165, 1.54) is 26.0 Å². The number of esters is 1. The Labute approximate surface area is 187 Å². The molecule has 0 bridgehead atoms. The number of nitrogens with zero attached hydrogens (tertiary/aromatic N) is 3. The van der Waals surface area contributed by atoms with Crippen LogP contribution in [-0.4, -0.2) is 41.0 Å². The van der Waals surface area contributed by atoms with Crippen LogP contribution in [0.25, 0.3) is 11.3 Å². The molecule has 3 aromatic rings. The van der Waals surface area contributed by atoms with Crippen molar-refractivity contribution in [2.45, 2.75) is 26.3 Å². The summed E-state index contributed by atoms with van der Waals surface area (Å²) in [6.45, 7) is 4.93. The van der Waals surface area contributed by atoms with Gasteiger partial charge in [0.1, 0.15) is 5.82 Å². The van der Waals surface area contributed by atoms with Gasteiger partial charge in [-0.05, 0) is 62.2 Å². The molecule has 4 rings (SSSR count). The van der Waals surface area contributed by atoms with Gasteiger partial charge in [-0.25, -0.2) is 19.2 Å². The quantitative estimate of drug-likeness (QED) is 0.548. The Balaban J connectivity index is 1.44. The van der Waals surface area contributed by atoms with E-state index in [9.17, 15) is 9.18 Å². The minimum Gasteiger partial charge on any atom is -0.465 e. The number of likely N-dealkylation sites (tertiary alicyclic amines) is 1. The van der Waals surface area contributed by atoms with Gasteiger partial charge < -0.3 is 10.1 Å². The van der Waals surface area contributed by atoms with Crippen molar-refractivity contribution in [3.8, 4) is 11.3 Å². The lowest BCUT2D eigenvalue weighted by molar-refractivity contribution is 0.0600. The normalized spacial score (nSPS) is 14.8. The van der Waals surface area contributed by atoms with Crippen molar-refractivity contribution in [3.05, 3.63) is 71.7 Å². The minimum atomic E-state index is -0.387. The van der Waals surface area contributed by atoms with Crippen LogP contribution in [0.2, 0.25) is 0 Å². The number of ether oxygens (including phenoxy) is 1. The average Bonchev–Trinajstić information content (AvgIpc) is 2.82. The minimum absolute atomic E-state index is 0.233. The molecule has 1 saturated heterocycles.